The molecule has 0 aliphatic heterocycles. The highest BCUT2D eigenvalue weighted by molar-refractivity contribution is 6.39. The van der Waals surface area contributed by atoms with Gasteiger partial charge in [-0.3, -0.25) is 9.59 Å². The fraction of sp³-hybridized carbons (Fsp3) is 0.125. The maximum Gasteiger partial charge on any atom is 0.313 e. The summed E-state index contributed by atoms with van der Waals surface area (Å²) in [6.07, 6.45) is -0.848. The first-order chi connectivity index (χ1) is 10.2. The van der Waals surface area contributed by atoms with E-state index in [0.29, 0.717) is 11.3 Å². The minimum absolute atomic E-state index is 0.0228. The predicted octanol–water partition coefficient (Wildman–Crippen LogP) is 1.47. The highest BCUT2D eigenvalue weighted by atomic mass is 16.3. The summed E-state index contributed by atoms with van der Waals surface area (Å²) in [7, 11) is 0. The zero-order valence-corrected chi connectivity index (χ0v) is 11.3. The Morgan fingerprint density at radius 3 is 2.10 bits per heavy atom. The quantitative estimate of drug-likeness (QED) is 0.744. The number of aliphatic hydroxyl groups excluding tert-OH is 1. The van der Waals surface area contributed by atoms with Crippen LogP contribution in [0.25, 0.3) is 0 Å². The number of aliphatic hydroxyl groups is 1. The lowest BCUT2D eigenvalue weighted by Crippen LogP contribution is -2.37. The van der Waals surface area contributed by atoms with E-state index in [1.54, 1.807) is 48.5 Å². The summed E-state index contributed by atoms with van der Waals surface area (Å²) in [6, 6.07) is 17.6. The Morgan fingerprint density at radius 1 is 0.905 bits per heavy atom. The van der Waals surface area contributed by atoms with Gasteiger partial charge in [0.25, 0.3) is 0 Å². The van der Waals surface area contributed by atoms with Crippen molar-refractivity contribution < 1.29 is 14.7 Å². The molecule has 108 valence electrons. The van der Waals surface area contributed by atoms with E-state index in [1.165, 1.54) is 0 Å². The maximum atomic E-state index is 11.7. The molecule has 0 heterocycles. The zero-order valence-electron chi connectivity index (χ0n) is 11.3. The summed E-state index contributed by atoms with van der Waals surface area (Å²) in [4.78, 5) is 23.3. The van der Waals surface area contributed by atoms with E-state index in [1.807, 2.05) is 12.1 Å². The van der Waals surface area contributed by atoms with E-state index in [0.717, 1.165) is 0 Å². The molecule has 21 heavy (non-hydrogen) atoms. The minimum Gasteiger partial charge on any atom is -0.387 e. The van der Waals surface area contributed by atoms with Gasteiger partial charge < -0.3 is 15.7 Å². The third-order valence-corrected chi connectivity index (χ3v) is 2.88. The van der Waals surface area contributed by atoms with Crippen molar-refractivity contribution in [2.75, 3.05) is 11.9 Å². The molecular formula is C16H16N2O3. The third kappa shape index (κ3) is 4.43. The molecule has 0 radical (unpaired) electrons. The van der Waals surface area contributed by atoms with Crippen LogP contribution in [0.3, 0.4) is 0 Å². The summed E-state index contributed by atoms with van der Waals surface area (Å²) < 4.78 is 0. The fourth-order valence-corrected chi connectivity index (χ4v) is 1.77. The highest BCUT2D eigenvalue weighted by Gasteiger charge is 2.15. The summed E-state index contributed by atoms with van der Waals surface area (Å²) >= 11 is 0. The second kappa shape index (κ2) is 7.21. The van der Waals surface area contributed by atoms with E-state index in [-0.39, 0.29) is 6.54 Å². The number of anilines is 1. The van der Waals surface area contributed by atoms with Crippen molar-refractivity contribution >= 4 is 17.5 Å². The number of nitrogens with one attached hydrogen (secondary N) is 2. The minimum atomic E-state index is -0.848. The van der Waals surface area contributed by atoms with E-state index < -0.39 is 17.9 Å². The van der Waals surface area contributed by atoms with Crippen LogP contribution in [-0.2, 0) is 9.59 Å². The molecule has 0 aromatic heterocycles. The first kappa shape index (κ1) is 14.7. The number of rotatable bonds is 4. The second-order valence-corrected chi connectivity index (χ2v) is 4.46. The van der Waals surface area contributed by atoms with Gasteiger partial charge in [-0.1, -0.05) is 48.5 Å². The van der Waals surface area contributed by atoms with Gasteiger partial charge in [-0.25, -0.2) is 0 Å². The van der Waals surface area contributed by atoms with Gasteiger partial charge in [0, 0.05) is 12.2 Å². The van der Waals surface area contributed by atoms with Crippen LogP contribution in [0.1, 0.15) is 11.7 Å². The lowest BCUT2D eigenvalue weighted by atomic mass is 10.1. The normalized spacial score (nSPS) is 11.5. The van der Waals surface area contributed by atoms with Crippen LogP contribution in [0.2, 0.25) is 0 Å². The second-order valence-electron chi connectivity index (χ2n) is 4.46. The molecule has 0 saturated carbocycles. The van der Waals surface area contributed by atoms with Crippen molar-refractivity contribution in [1.29, 1.82) is 0 Å². The molecule has 3 N–H and O–H groups in total. The molecule has 0 aliphatic rings. The molecule has 1 atom stereocenters. The van der Waals surface area contributed by atoms with Crippen LogP contribution in [0.5, 0.6) is 0 Å². The number of carbonyl (C=O) groups is 2. The van der Waals surface area contributed by atoms with Gasteiger partial charge in [-0.2, -0.15) is 0 Å². The molecule has 5 nitrogen and oxygen atoms in total. The average Bonchev–Trinajstić information content (AvgIpc) is 2.54. The summed E-state index contributed by atoms with van der Waals surface area (Å²) in [5.74, 6) is -1.55. The standard InChI is InChI=1S/C16H16N2O3/c19-14(12-7-3-1-4-8-12)11-17-15(20)16(21)18-13-9-5-2-6-10-13/h1-10,14,19H,11H2,(H,17,20)(H,18,21). The lowest BCUT2D eigenvalue weighted by Gasteiger charge is -2.12. The van der Waals surface area contributed by atoms with E-state index in [2.05, 4.69) is 10.6 Å². The monoisotopic (exact) mass is 284 g/mol. The van der Waals surface area contributed by atoms with E-state index in [9.17, 15) is 14.7 Å². The van der Waals surface area contributed by atoms with Gasteiger partial charge in [0.2, 0.25) is 0 Å². The van der Waals surface area contributed by atoms with Gasteiger partial charge in [0.15, 0.2) is 0 Å². The molecule has 0 aliphatic carbocycles. The number of carbonyl (C=O) groups excluding carboxylic acids is 2. The molecule has 0 fully saturated rings. The van der Waals surface area contributed by atoms with Crippen molar-refractivity contribution in [2.24, 2.45) is 0 Å². The Bertz CT molecular complexity index is 599. The Labute approximate surface area is 122 Å². The Hall–Kier alpha value is -2.66. The maximum absolute atomic E-state index is 11.7. The first-order valence-corrected chi connectivity index (χ1v) is 6.54. The fourth-order valence-electron chi connectivity index (χ4n) is 1.77. The van der Waals surface area contributed by atoms with Crippen LogP contribution in [0.4, 0.5) is 5.69 Å². The van der Waals surface area contributed by atoms with E-state index >= 15 is 0 Å². The van der Waals surface area contributed by atoms with Crippen LogP contribution >= 0.6 is 0 Å². The van der Waals surface area contributed by atoms with Crippen molar-refractivity contribution in [3.63, 3.8) is 0 Å². The van der Waals surface area contributed by atoms with Crippen molar-refractivity contribution in [3.8, 4) is 0 Å². The molecule has 5 heteroatoms. The van der Waals surface area contributed by atoms with Gasteiger partial charge in [-0.15, -0.1) is 0 Å². The van der Waals surface area contributed by atoms with Crippen LogP contribution < -0.4 is 10.6 Å². The largest absolute Gasteiger partial charge is 0.387 e. The zero-order chi connectivity index (χ0) is 15.1. The van der Waals surface area contributed by atoms with Gasteiger partial charge >= 0.3 is 11.8 Å². The lowest BCUT2D eigenvalue weighted by molar-refractivity contribution is -0.136. The molecule has 1 unspecified atom stereocenters. The number of hydrogen-bond donors (Lipinski definition) is 3. The SMILES string of the molecule is O=C(NCC(O)c1ccccc1)C(=O)Nc1ccccc1. The molecule has 0 spiro atoms. The van der Waals surface area contributed by atoms with Gasteiger partial charge in [0.05, 0.1) is 6.10 Å². The highest BCUT2D eigenvalue weighted by Crippen LogP contribution is 2.10. The Balaban J connectivity index is 1.83. The Kier molecular flexibility index (Phi) is 5.06. The topological polar surface area (TPSA) is 78.4 Å². The van der Waals surface area contributed by atoms with Crippen molar-refractivity contribution in [2.45, 2.75) is 6.10 Å². The summed E-state index contributed by atoms with van der Waals surface area (Å²) in [6.45, 7) is -0.0228. The average molecular weight is 284 g/mol. The molecule has 0 bridgehead atoms. The molecular weight excluding hydrogens is 268 g/mol. The Morgan fingerprint density at radius 2 is 1.48 bits per heavy atom. The van der Waals surface area contributed by atoms with Crippen molar-refractivity contribution in [3.05, 3.63) is 66.2 Å². The third-order valence-electron chi connectivity index (χ3n) is 2.88. The smallest absolute Gasteiger partial charge is 0.313 e. The number of para-hydroxylation sites is 1. The van der Waals surface area contributed by atoms with Crippen molar-refractivity contribution in [1.82, 2.24) is 5.32 Å². The van der Waals surface area contributed by atoms with Crippen LogP contribution in [0.15, 0.2) is 60.7 Å². The van der Waals surface area contributed by atoms with E-state index in [4.69, 9.17) is 0 Å². The summed E-state index contributed by atoms with van der Waals surface area (Å²) in [5, 5.41) is 14.8. The summed E-state index contributed by atoms with van der Waals surface area (Å²) in [5.41, 5.74) is 1.22. The molecule has 2 amide bonds. The number of benzene rings is 2. The molecule has 2 rings (SSSR count). The number of amides is 2. The first-order valence-electron chi connectivity index (χ1n) is 6.54. The van der Waals surface area contributed by atoms with Crippen LogP contribution in [-0.4, -0.2) is 23.5 Å². The molecule has 2 aromatic rings. The molecule has 0 saturated heterocycles. The van der Waals surface area contributed by atoms with Gasteiger partial charge in [0.1, 0.15) is 0 Å². The van der Waals surface area contributed by atoms with Crippen LogP contribution in [0, 0.1) is 0 Å². The molecule has 2 aromatic carbocycles. The predicted molar refractivity (Wildman–Crippen MR) is 79.5 cm³/mol. The number of hydrogen-bond acceptors (Lipinski definition) is 3. The van der Waals surface area contributed by atoms with Gasteiger partial charge in [-0.05, 0) is 17.7 Å².